The summed E-state index contributed by atoms with van der Waals surface area (Å²) in [6.45, 7) is 6.71. The summed E-state index contributed by atoms with van der Waals surface area (Å²) in [4.78, 5) is 4.79. The Kier molecular flexibility index (Phi) is 4.35. The number of hydrogen-bond acceptors (Lipinski definition) is 3. The van der Waals surface area contributed by atoms with E-state index < -0.39 is 0 Å². The summed E-state index contributed by atoms with van der Waals surface area (Å²) in [5, 5.41) is 3.40. The fourth-order valence-electron chi connectivity index (χ4n) is 2.18. The second-order valence-electron chi connectivity index (χ2n) is 4.98. The fourth-order valence-corrected chi connectivity index (χ4v) is 2.44. The van der Waals surface area contributed by atoms with E-state index in [-0.39, 0.29) is 0 Å². The maximum Gasteiger partial charge on any atom is 0.107 e. The molecule has 2 aromatic rings. The molecular weight excluding hydrogens is 266 g/mol. The first-order chi connectivity index (χ1) is 9.47. The summed E-state index contributed by atoms with van der Waals surface area (Å²) in [7, 11) is 0. The van der Waals surface area contributed by atoms with Gasteiger partial charge in [0.15, 0.2) is 0 Å². The predicted molar refractivity (Wildman–Crippen MR) is 88.1 cm³/mol. The molecule has 3 N–H and O–H groups in total. The number of nitrogens with zero attached hydrogens (tertiary/aromatic N) is 1. The Labute approximate surface area is 125 Å². The molecule has 20 heavy (non-hydrogen) atoms. The highest BCUT2D eigenvalue weighted by molar-refractivity contribution is 7.80. The number of nitrogens with two attached hydrogens (primary N) is 1. The summed E-state index contributed by atoms with van der Waals surface area (Å²) < 4.78 is 0. The summed E-state index contributed by atoms with van der Waals surface area (Å²) in [5.41, 5.74) is 11.9. The number of aromatic nitrogens is 1. The number of rotatable bonds is 4. The van der Waals surface area contributed by atoms with E-state index in [9.17, 15) is 0 Å². The maximum absolute atomic E-state index is 5.81. The van der Waals surface area contributed by atoms with Gasteiger partial charge in [0.1, 0.15) is 4.99 Å². The van der Waals surface area contributed by atoms with Crippen molar-refractivity contribution in [2.45, 2.75) is 27.3 Å². The third-order valence-electron chi connectivity index (χ3n) is 3.18. The normalized spacial score (nSPS) is 10.3. The molecule has 0 unspecified atom stereocenters. The van der Waals surface area contributed by atoms with Crippen molar-refractivity contribution in [2.75, 3.05) is 5.32 Å². The first-order valence-corrected chi connectivity index (χ1v) is 6.95. The highest BCUT2D eigenvalue weighted by atomic mass is 32.1. The van der Waals surface area contributed by atoms with Crippen LogP contribution in [0.3, 0.4) is 0 Å². The smallest absolute Gasteiger partial charge is 0.107 e. The third kappa shape index (κ3) is 3.33. The van der Waals surface area contributed by atoms with Crippen molar-refractivity contribution < 1.29 is 0 Å². The van der Waals surface area contributed by atoms with E-state index in [1.807, 2.05) is 19.9 Å². The predicted octanol–water partition coefficient (Wildman–Crippen LogP) is 3.25. The van der Waals surface area contributed by atoms with Gasteiger partial charge in [-0.05, 0) is 32.4 Å². The molecule has 0 spiro atoms. The molecule has 104 valence electrons. The van der Waals surface area contributed by atoms with Gasteiger partial charge in [-0.2, -0.15) is 0 Å². The molecule has 3 nitrogen and oxygen atoms in total. The SMILES string of the molecule is Cc1ccc(CNc2cc(C)nc(C)c2C(N)=S)cc1. The highest BCUT2D eigenvalue weighted by Gasteiger charge is 2.10. The Morgan fingerprint density at radius 2 is 1.85 bits per heavy atom. The van der Waals surface area contributed by atoms with Gasteiger partial charge >= 0.3 is 0 Å². The van der Waals surface area contributed by atoms with Crippen LogP contribution in [0.1, 0.15) is 28.1 Å². The molecule has 0 saturated carbocycles. The van der Waals surface area contributed by atoms with Crippen LogP contribution >= 0.6 is 12.2 Å². The lowest BCUT2D eigenvalue weighted by Gasteiger charge is -2.14. The van der Waals surface area contributed by atoms with Crippen LogP contribution in [-0.2, 0) is 6.54 Å². The number of benzene rings is 1. The molecule has 0 fully saturated rings. The maximum atomic E-state index is 5.81. The Morgan fingerprint density at radius 1 is 1.20 bits per heavy atom. The van der Waals surface area contributed by atoms with Crippen molar-refractivity contribution in [1.29, 1.82) is 0 Å². The van der Waals surface area contributed by atoms with E-state index >= 15 is 0 Å². The Morgan fingerprint density at radius 3 is 2.45 bits per heavy atom. The number of anilines is 1. The second kappa shape index (κ2) is 6.01. The molecule has 0 aliphatic rings. The van der Waals surface area contributed by atoms with Crippen LogP contribution in [0.15, 0.2) is 30.3 Å². The van der Waals surface area contributed by atoms with Gasteiger partial charge in [0.2, 0.25) is 0 Å². The largest absolute Gasteiger partial charge is 0.389 e. The minimum Gasteiger partial charge on any atom is -0.389 e. The van der Waals surface area contributed by atoms with Crippen LogP contribution in [0, 0.1) is 20.8 Å². The topological polar surface area (TPSA) is 50.9 Å². The molecule has 0 saturated heterocycles. The summed E-state index contributed by atoms with van der Waals surface area (Å²) in [6, 6.07) is 10.4. The zero-order valence-corrected chi connectivity index (χ0v) is 12.8. The van der Waals surface area contributed by atoms with Crippen molar-refractivity contribution >= 4 is 22.9 Å². The fraction of sp³-hybridized carbons (Fsp3) is 0.250. The quantitative estimate of drug-likeness (QED) is 0.847. The average Bonchev–Trinajstić information content (AvgIpc) is 2.36. The van der Waals surface area contributed by atoms with E-state index in [0.29, 0.717) is 4.99 Å². The molecule has 1 aromatic carbocycles. The minimum absolute atomic E-state index is 0.376. The zero-order chi connectivity index (χ0) is 14.7. The van der Waals surface area contributed by atoms with Crippen LogP contribution in [0.2, 0.25) is 0 Å². The van der Waals surface area contributed by atoms with E-state index in [1.54, 1.807) is 0 Å². The van der Waals surface area contributed by atoms with E-state index in [2.05, 4.69) is 41.5 Å². The molecule has 4 heteroatoms. The van der Waals surface area contributed by atoms with Crippen molar-refractivity contribution in [1.82, 2.24) is 4.98 Å². The molecule has 0 aliphatic carbocycles. The lowest BCUT2D eigenvalue weighted by Crippen LogP contribution is -2.16. The molecule has 0 radical (unpaired) electrons. The van der Waals surface area contributed by atoms with Crippen LogP contribution in [0.5, 0.6) is 0 Å². The number of thiocarbonyl (C=S) groups is 1. The monoisotopic (exact) mass is 285 g/mol. The van der Waals surface area contributed by atoms with Gasteiger partial charge in [0.25, 0.3) is 0 Å². The van der Waals surface area contributed by atoms with Crippen LogP contribution in [0.25, 0.3) is 0 Å². The molecular formula is C16H19N3S. The summed E-state index contributed by atoms with van der Waals surface area (Å²) in [6.07, 6.45) is 0. The lowest BCUT2D eigenvalue weighted by molar-refractivity contribution is 1.08. The summed E-state index contributed by atoms with van der Waals surface area (Å²) >= 11 is 5.13. The second-order valence-corrected chi connectivity index (χ2v) is 5.41. The van der Waals surface area contributed by atoms with Crippen LogP contribution < -0.4 is 11.1 Å². The number of aryl methyl sites for hydroxylation is 3. The number of pyridine rings is 1. The molecule has 0 amide bonds. The highest BCUT2D eigenvalue weighted by Crippen LogP contribution is 2.20. The average molecular weight is 285 g/mol. The first-order valence-electron chi connectivity index (χ1n) is 6.55. The van der Waals surface area contributed by atoms with Gasteiger partial charge in [-0.1, -0.05) is 42.0 Å². The van der Waals surface area contributed by atoms with Crippen molar-refractivity contribution in [3.05, 3.63) is 58.4 Å². The van der Waals surface area contributed by atoms with Gasteiger partial charge in [-0.25, -0.2) is 0 Å². The van der Waals surface area contributed by atoms with E-state index in [4.69, 9.17) is 18.0 Å². The van der Waals surface area contributed by atoms with Crippen molar-refractivity contribution in [2.24, 2.45) is 5.73 Å². The lowest BCUT2D eigenvalue weighted by atomic mass is 10.1. The van der Waals surface area contributed by atoms with Gasteiger partial charge in [0, 0.05) is 23.6 Å². The number of nitrogens with one attached hydrogen (secondary N) is 1. The zero-order valence-electron chi connectivity index (χ0n) is 12.0. The van der Waals surface area contributed by atoms with E-state index in [0.717, 1.165) is 29.2 Å². The first kappa shape index (κ1) is 14.5. The van der Waals surface area contributed by atoms with Gasteiger partial charge in [0.05, 0.1) is 5.56 Å². The van der Waals surface area contributed by atoms with E-state index in [1.165, 1.54) is 11.1 Å². The van der Waals surface area contributed by atoms with Gasteiger partial charge < -0.3 is 11.1 Å². The Hall–Kier alpha value is -1.94. The minimum atomic E-state index is 0.376. The molecule has 1 aromatic heterocycles. The van der Waals surface area contributed by atoms with Crippen LogP contribution in [-0.4, -0.2) is 9.97 Å². The summed E-state index contributed by atoms with van der Waals surface area (Å²) in [5.74, 6) is 0. The Balaban J connectivity index is 2.24. The van der Waals surface area contributed by atoms with Crippen molar-refractivity contribution in [3.63, 3.8) is 0 Å². The molecule has 2 rings (SSSR count). The molecule has 1 heterocycles. The molecule has 0 bridgehead atoms. The number of hydrogen-bond donors (Lipinski definition) is 2. The Bertz CT molecular complexity index is 633. The van der Waals surface area contributed by atoms with Crippen LogP contribution in [0.4, 0.5) is 5.69 Å². The third-order valence-corrected chi connectivity index (χ3v) is 3.38. The van der Waals surface area contributed by atoms with Gasteiger partial charge in [-0.3, -0.25) is 4.98 Å². The molecule has 0 atom stereocenters. The standard InChI is InChI=1S/C16H19N3S/c1-10-4-6-13(7-5-10)9-18-14-8-11(2)19-12(3)15(14)16(17)20/h4-8H,9H2,1-3H3,(H2,17,20)(H,18,19). The molecule has 0 aliphatic heterocycles. The van der Waals surface area contributed by atoms with Gasteiger partial charge in [-0.15, -0.1) is 0 Å². The van der Waals surface area contributed by atoms with Crippen molar-refractivity contribution in [3.8, 4) is 0 Å².